The number of carbonyl (C=O) groups is 6. The minimum absolute atomic E-state index is 0.0134. The molecule has 14 nitrogen and oxygen atoms in total. The van der Waals surface area contributed by atoms with Crippen LogP contribution in [0.2, 0.25) is 0 Å². The van der Waals surface area contributed by atoms with Crippen molar-refractivity contribution in [3.63, 3.8) is 0 Å². The lowest BCUT2D eigenvalue weighted by Crippen LogP contribution is -2.60. The highest BCUT2D eigenvalue weighted by molar-refractivity contribution is 5.96. The fourth-order valence-electron chi connectivity index (χ4n) is 4.66. The number of primary amides is 1. The van der Waals surface area contributed by atoms with Gasteiger partial charge in [0.25, 0.3) is 0 Å². The Bertz CT molecular complexity index is 1360. The molecule has 7 atom stereocenters. The maximum Gasteiger partial charge on any atom is 0.303 e. The molecule has 2 aromatic rings. The lowest BCUT2D eigenvalue weighted by Gasteiger charge is -2.27. The zero-order chi connectivity index (χ0) is 35.1. The van der Waals surface area contributed by atoms with E-state index >= 15 is 0 Å². The van der Waals surface area contributed by atoms with Crippen molar-refractivity contribution in [2.24, 2.45) is 17.4 Å². The van der Waals surface area contributed by atoms with Crippen molar-refractivity contribution < 1.29 is 39.0 Å². The van der Waals surface area contributed by atoms with E-state index in [0.717, 1.165) is 0 Å². The fraction of sp³-hybridized carbons (Fsp3) is 0.455. The molecule has 10 N–H and O–H groups in total. The Kier molecular flexibility index (Phi) is 15.5. The summed E-state index contributed by atoms with van der Waals surface area (Å²) in [6.45, 7) is 4.90. The van der Waals surface area contributed by atoms with Crippen LogP contribution >= 0.6 is 0 Å². The Labute approximate surface area is 274 Å². The van der Waals surface area contributed by atoms with E-state index in [9.17, 15) is 39.0 Å². The Morgan fingerprint density at radius 1 is 0.702 bits per heavy atom. The van der Waals surface area contributed by atoms with Gasteiger partial charge >= 0.3 is 5.97 Å². The van der Waals surface area contributed by atoms with Crippen LogP contribution in [0.25, 0.3) is 0 Å². The van der Waals surface area contributed by atoms with Crippen molar-refractivity contribution in [3.8, 4) is 0 Å². The molecule has 0 bridgehead atoms. The number of carboxylic acid groups (broad SMARTS) is 1. The summed E-state index contributed by atoms with van der Waals surface area (Å²) < 4.78 is 0. The van der Waals surface area contributed by atoms with Gasteiger partial charge in [-0.15, -0.1) is 0 Å². The molecular formula is C33H46N6O8. The van der Waals surface area contributed by atoms with E-state index in [1.165, 1.54) is 6.92 Å². The summed E-state index contributed by atoms with van der Waals surface area (Å²) in [5, 5.41) is 29.4. The van der Waals surface area contributed by atoms with Crippen LogP contribution in [0.3, 0.4) is 0 Å². The number of hydrogen-bond acceptors (Lipinski definition) is 8. The fourth-order valence-corrected chi connectivity index (χ4v) is 4.66. The average molecular weight is 655 g/mol. The second kappa shape index (κ2) is 19.0. The number of aliphatic hydroxyl groups excluding tert-OH is 1. The first-order valence-electron chi connectivity index (χ1n) is 15.5. The number of aliphatic hydroxyl groups is 1. The Balaban J connectivity index is 2.40. The Hall–Kier alpha value is -4.82. The first-order chi connectivity index (χ1) is 22.2. The molecule has 2 aromatic carbocycles. The predicted molar refractivity (Wildman–Crippen MR) is 173 cm³/mol. The van der Waals surface area contributed by atoms with Gasteiger partial charge in [-0.2, -0.15) is 0 Å². The highest BCUT2D eigenvalue weighted by atomic mass is 16.4. The van der Waals surface area contributed by atoms with E-state index in [1.54, 1.807) is 67.6 Å². The van der Waals surface area contributed by atoms with Gasteiger partial charge in [0.15, 0.2) is 0 Å². The average Bonchev–Trinajstić information content (AvgIpc) is 3.04. The van der Waals surface area contributed by atoms with Gasteiger partial charge in [0.2, 0.25) is 29.5 Å². The topological polar surface area (TPSA) is 243 Å². The van der Waals surface area contributed by atoms with E-state index in [1.807, 2.05) is 6.92 Å². The molecule has 2 rings (SSSR count). The third-order valence-electron chi connectivity index (χ3n) is 7.76. The van der Waals surface area contributed by atoms with Gasteiger partial charge in [0, 0.05) is 19.3 Å². The van der Waals surface area contributed by atoms with Crippen LogP contribution in [-0.2, 0) is 41.6 Å². The molecule has 0 aliphatic carbocycles. The first-order valence-corrected chi connectivity index (χ1v) is 15.5. The van der Waals surface area contributed by atoms with E-state index in [4.69, 9.17) is 11.5 Å². The lowest BCUT2D eigenvalue weighted by molar-refractivity contribution is -0.138. The molecule has 0 saturated carbocycles. The van der Waals surface area contributed by atoms with Gasteiger partial charge < -0.3 is 42.9 Å². The van der Waals surface area contributed by atoms with Crippen LogP contribution in [0.1, 0.15) is 51.2 Å². The highest BCUT2D eigenvalue weighted by Gasteiger charge is 2.33. The Morgan fingerprint density at radius 3 is 1.53 bits per heavy atom. The number of rotatable bonds is 19. The molecule has 0 fully saturated rings. The number of benzene rings is 2. The van der Waals surface area contributed by atoms with Crippen LogP contribution in [0.5, 0.6) is 0 Å². The maximum atomic E-state index is 13.8. The molecule has 0 heterocycles. The molecule has 47 heavy (non-hydrogen) atoms. The van der Waals surface area contributed by atoms with Gasteiger partial charge in [0.1, 0.15) is 24.2 Å². The molecule has 256 valence electrons. The third-order valence-corrected chi connectivity index (χ3v) is 7.76. The molecule has 0 aliphatic rings. The summed E-state index contributed by atoms with van der Waals surface area (Å²) in [6.07, 6.45) is -1.49. The zero-order valence-corrected chi connectivity index (χ0v) is 26.8. The highest BCUT2D eigenvalue weighted by Crippen LogP contribution is 2.10. The normalized spacial score (nSPS) is 15.4. The summed E-state index contributed by atoms with van der Waals surface area (Å²) in [4.78, 5) is 76.9. The van der Waals surface area contributed by atoms with Gasteiger partial charge in [0.05, 0.1) is 12.1 Å². The van der Waals surface area contributed by atoms with E-state index in [2.05, 4.69) is 21.3 Å². The summed E-state index contributed by atoms with van der Waals surface area (Å²) in [5.41, 5.74) is 12.7. The molecule has 0 saturated heterocycles. The standard InChI is InChI=1S/C33H46N6O8/c1-4-19(2)27(34)33(47)36-23(15-16-26(41)42)30(44)37-24(17-21-11-7-5-8-12-21)31(45)38-25(18-22-13-9-6-10-14-22)32(46)39-28(20(3)40)29(35)43/h5-14,19-20,23-25,27-28,40H,4,15-18,34H2,1-3H3,(H2,35,43)(H,36,47)(H,37,44)(H,38,45)(H,39,46)(H,41,42)/t19-,20+,23-,24-,25-,27-,28-/m0/s1. The largest absolute Gasteiger partial charge is 0.481 e. The first kappa shape index (κ1) is 38.4. The number of aliphatic carboxylic acids is 1. The number of carbonyl (C=O) groups excluding carboxylic acids is 5. The smallest absolute Gasteiger partial charge is 0.303 e. The predicted octanol–water partition coefficient (Wildman–Crippen LogP) is -0.485. The number of hydrogen-bond donors (Lipinski definition) is 8. The second-order valence-electron chi connectivity index (χ2n) is 11.5. The molecule has 0 spiro atoms. The molecule has 0 aliphatic heterocycles. The van der Waals surface area contributed by atoms with Gasteiger partial charge in [-0.3, -0.25) is 28.8 Å². The van der Waals surface area contributed by atoms with Gasteiger partial charge in [-0.25, -0.2) is 0 Å². The minimum atomic E-state index is -1.43. The lowest BCUT2D eigenvalue weighted by atomic mass is 9.98. The van der Waals surface area contributed by atoms with Crippen LogP contribution < -0.4 is 32.7 Å². The number of carboxylic acids is 1. The maximum absolute atomic E-state index is 13.8. The van der Waals surface area contributed by atoms with Crippen LogP contribution in [0.15, 0.2) is 60.7 Å². The quantitative estimate of drug-likeness (QED) is 0.0973. The second-order valence-corrected chi connectivity index (χ2v) is 11.5. The number of amides is 5. The van der Waals surface area contributed by atoms with Crippen LogP contribution in [0, 0.1) is 5.92 Å². The SMILES string of the molecule is CC[C@H](C)[C@H](N)C(=O)N[C@@H](CCC(=O)O)C(=O)N[C@@H](Cc1ccccc1)C(=O)N[C@@H](Cc1ccccc1)C(=O)N[C@H](C(N)=O)[C@@H](C)O. The van der Waals surface area contributed by atoms with Crippen molar-refractivity contribution in [2.45, 2.75) is 89.2 Å². The van der Waals surface area contributed by atoms with E-state index in [-0.39, 0.29) is 25.2 Å². The summed E-state index contributed by atoms with van der Waals surface area (Å²) >= 11 is 0. The minimum Gasteiger partial charge on any atom is -0.481 e. The molecule has 0 unspecified atom stereocenters. The molecule has 5 amide bonds. The van der Waals surface area contributed by atoms with Crippen molar-refractivity contribution in [1.82, 2.24) is 21.3 Å². The van der Waals surface area contributed by atoms with Crippen molar-refractivity contribution in [2.75, 3.05) is 0 Å². The van der Waals surface area contributed by atoms with Crippen LogP contribution in [0.4, 0.5) is 0 Å². The number of nitrogens with one attached hydrogen (secondary N) is 4. The summed E-state index contributed by atoms with van der Waals surface area (Å²) in [7, 11) is 0. The molecular weight excluding hydrogens is 608 g/mol. The summed E-state index contributed by atoms with van der Waals surface area (Å²) in [6, 6.07) is 11.2. The molecule has 0 radical (unpaired) electrons. The van der Waals surface area contributed by atoms with Crippen molar-refractivity contribution >= 4 is 35.5 Å². The van der Waals surface area contributed by atoms with E-state index in [0.29, 0.717) is 17.5 Å². The summed E-state index contributed by atoms with van der Waals surface area (Å²) in [5.74, 6) is -5.43. The van der Waals surface area contributed by atoms with Crippen molar-refractivity contribution in [3.05, 3.63) is 71.8 Å². The van der Waals surface area contributed by atoms with E-state index < -0.39 is 78.2 Å². The molecule has 0 aromatic heterocycles. The van der Waals surface area contributed by atoms with Crippen molar-refractivity contribution in [1.29, 1.82) is 0 Å². The van der Waals surface area contributed by atoms with Gasteiger partial charge in [-0.1, -0.05) is 80.9 Å². The third kappa shape index (κ3) is 12.8. The van der Waals surface area contributed by atoms with Gasteiger partial charge in [-0.05, 0) is 30.4 Å². The molecule has 14 heteroatoms. The van der Waals surface area contributed by atoms with Crippen LogP contribution in [-0.4, -0.2) is 82.0 Å². The Morgan fingerprint density at radius 2 is 1.13 bits per heavy atom. The number of nitrogens with two attached hydrogens (primary N) is 2. The monoisotopic (exact) mass is 654 g/mol. The zero-order valence-electron chi connectivity index (χ0n) is 26.8.